The SMILES string of the molecule is CCOC(=O)N[C@@H]1CC[C@H]2[C@@H](C1)C[C@@H]1C(=O)O[C@@H](C)[C@H]1[C@@H]2/C=C/c1ccc(-c2cccc(F)c2)cn1.CCOC(=O)N[C@@H]1CC[C@H]2[C@@H](C1)C[C@@H]1C(=O)O[C@H](C)[C@@H]1[C@H]2/C=C/c1ccc(-c2cccc(F)c2)cn1.CCOC(=O)N[C@@H]1CC[C@H]2[C@@H](C1)C[C@H]1C(=O)O[C@@H](C)[C@H]1[C@@H]2/C=C/c1ccc(-c2cccc(F)c2)cn1. The Balaban J connectivity index is 0.000000143. The van der Waals surface area contributed by atoms with Crippen molar-refractivity contribution in [3.05, 3.63) is 181 Å². The Kier molecular flexibility index (Phi) is 24.6. The molecule has 3 amide bonds. The van der Waals surface area contributed by atoms with Crippen molar-refractivity contribution >= 4 is 54.4 Å². The second-order valence-corrected chi connectivity index (χ2v) is 30.8. The first-order valence-electron chi connectivity index (χ1n) is 38.9. The van der Waals surface area contributed by atoms with E-state index in [1.54, 1.807) is 57.6 Å². The number of allylic oxidation sites excluding steroid dienone is 3. The van der Waals surface area contributed by atoms with Gasteiger partial charge in [0.1, 0.15) is 35.8 Å². The van der Waals surface area contributed by atoms with Crippen LogP contribution in [0.1, 0.15) is 136 Å². The number of alkyl carbamates (subject to hydrolysis) is 3. The lowest BCUT2D eigenvalue weighted by Gasteiger charge is -2.47. The van der Waals surface area contributed by atoms with Crippen LogP contribution < -0.4 is 16.0 Å². The molecular formula is C87H99F3N6O12. The van der Waals surface area contributed by atoms with Crippen LogP contribution in [-0.4, -0.2) is 107 Å². The Hall–Kier alpha value is -9.66. The van der Waals surface area contributed by atoms with E-state index in [0.29, 0.717) is 55.3 Å². The zero-order chi connectivity index (χ0) is 75.7. The third-order valence-corrected chi connectivity index (χ3v) is 24.5. The summed E-state index contributed by atoms with van der Waals surface area (Å²) in [7, 11) is 0. The number of fused-ring (bicyclic) bond motifs is 6. The summed E-state index contributed by atoms with van der Waals surface area (Å²) in [5.74, 6) is 1.89. The van der Waals surface area contributed by atoms with Gasteiger partial charge in [-0.3, -0.25) is 29.3 Å². The molecule has 6 heterocycles. The third-order valence-electron chi connectivity index (χ3n) is 24.5. The summed E-state index contributed by atoms with van der Waals surface area (Å²) in [5, 5.41) is 9.00. The summed E-state index contributed by atoms with van der Waals surface area (Å²) in [5.41, 5.74) is 7.43. The number of rotatable bonds is 15. The molecule has 0 spiro atoms. The third kappa shape index (κ3) is 17.9. The molecule has 6 aliphatic carbocycles. The predicted octanol–water partition coefficient (Wildman–Crippen LogP) is 16.9. The number of cyclic esters (lactones) is 3. The summed E-state index contributed by atoms with van der Waals surface area (Å²) in [6.07, 6.45) is 27.2. The number of benzene rings is 3. The molecule has 9 aliphatic rings. The van der Waals surface area contributed by atoms with Crippen LogP contribution in [0.4, 0.5) is 27.6 Å². The highest BCUT2D eigenvalue weighted by Gasteiger charge is 2.58. The van der Waals surface area contributed by atoms with Gasteiger partial charge in [0, 0.05) is 71.2 Å². The smallest absolute Gasteiger partial charge is 0.407 e. The minimum Gasteiger partial charge on any atom is -0.462 e. The molecule has 3 saturated heterocycles. The lowest BCUT2D eigenvalue weighted by molar-refractivity contribution is -0.145. The molecular weight excluding hydrogens is 1380 g/mol. The van der Waals surface area contributed by atoms with Crippen LogP contribution in [0.25, 0.3) is 51.6 Å². The number of carbonyl (C=O) groups excluding carboxylic acids is 6. The standard InChI is InChI=1S/3C29H33FN2O4/c3*1-3-35-29(34)32-23-10-11-24-20(14-23)15-26-27(17(2)36-28(26)33)25(24)12-9-22-8-7-19(16-31-22)18-5-4-6-21(30)13-18/h3*4-9,12-13,16-17,20,23-27H,3,10-11,14-15H2,1-2H3,(H,32,34)/b3*12-9+/t17-,20+,23-,24+,25+,26+,27-;17-,20-,23+,24-,25+,26+,27-;17-,20-,23+,24-,25+,26-,27-/m100/s1. The number of hydrogen-bond donors (Lipinski definition) is 3. The first-order valence-corrected chi connectivity index (χ1v) is 38.9. The van der Waals surface area contributed by atoms with Gasteiger partial charge in [-0.25, -0.2) is 27.6 Å². The van der Waals surface area contributed by atoms with Crippen LogP contribution in [0, 0.1) is 106 Å². The van der Waals surface area contributed by atoms with Crippen LogP contribution in [-0.2, 0) is 42.8 Å². The Labute approximate surface area is 630 Å². The first kappa shape index (κ1) is 76.5. The largest absolute Gasteiger partial charge is 0.462 e. The molecule has 0 radical (unpaired) electrons. The first-order chi connectivity index (χ1) is 52.3. The highest BCUT2D eigenvalue weighted by atomic mass is 19.1. The molecule has 3 aromatic heterocycles. The molecule has 15 rings (SSSR count). The molecule has 0 bridgehead atoms. The monoisotopic (exact) mass is 1480 g/mol. The van der Waals surface area contributed by atoms with Gasteiger partial charge in [0.15, 0.2) is 0 Å². The average molecular weight is 1480 g/mol. The van der Waals surface area contributed by atoms with Crippen LogP contribution in [0.5, 0.6) is 0 Å². The van der Waals surface area contributed by atoms with Crippen LogP contribution in [0.2, 0.25) is 0 Å². The quantitative estimate of drug-likeness (QED) is 0.0641. The number of pyridine rings is 3. The zero-order valence-electron chi connectivity index (χ0n) is 62.2. The van der Waals surface area contributed by atoms with Crippen LogP contribution in [0.3, 0.4) is 0 Å². The minimum atomic E-state index is -0.368. The fourth-order valence-corrected chi connectivity index (χ4v) is 19.9. The number of nitrogens with zero attached hydrogens (tertiary/aromatic N) is 3. The highest BCUT2D eigenvalue weighted by Crippen LogP contribution is 2.57. The van der Waals surface area contributed by atoms with E-state index in [1.807, 2.05) is 93.6 Å². The number of aromatic nitrogens is 3. The lowest BCUT2D eigenvalue weighted by Crippen LogP contribution is -2.48. The van der Waals surface area contributed by atoms with Gasteiger partial charge in [-0.05, 0) is 261 Å². The molecule has 18 nitrogen and oxygen atoms in total. The number of halogens is 3. The molecule has 108 heavy (non-hydrogen) atoms. The average Bonchev–Trinajstić information content (AvgIpc) is 1.54. The van der Waals surface area contributed by atoms with Gasteiger partial charge >= 0.3 is 36.2 Å². The van der Waals surface area contributed by atoms with E-state index in [-0.39, 0.29) is 143 Å². The number of amides is 3. The lowest BCUT2D eigenvalue weighted by atomic mass is 9.57. The molecule has 3 aromatic carbocycles. The molecule has 570 valence electrons. The van der Waals surface area contributed by atoms with Crippen molar-refractivity contribution in [2.24, 2.45) is 88.8 Å². The van der Waals surface area contributed by atoms with Crippen LogP contribution >= 0.6 is 0 Å². The number of carbonyl (C=O) groups is 6. The number of ether oxygens (including phenoxy) is 6. The maximum atomic E-state index is 13.6. The van der Waals surface area contributed by atoms with E-state index < -0.39 is 0 Å². The molecule has 3 N–H and O–H groups in total. The van der Waals surface area contributed by atoms with E-state index in [4.69, 9.17) is 28.4 Å². The molecule has 21 heteroatoms. The van der Waals surface area contributed by atoms with E-state index >= 15 is 0 Å². The van der Waals surface area contributed by atoms with E-state index in [9.17, 15) is 41.9 Å². The van der Waals surface area contributed by atoms with Crippen molar-refractivity contribution in [2.45, 2.75) is 155 Å². The second-order valence-electron chi connectivity index (χ2n) is 30.8. The van der Waals surface area contributed by atoms with Crippen molar-refractivity contribution in [3.8, 4) is 33.4 Å². The van der Waals surface area contributed by atoms with Gasteiger partial charge in [0.25, 0.3) is 0 Å². The topological polar surface area (TPSA) is 233 Å². The normalized spacial score (nSPS) is 31.4. The summed E-state index contributed by atoms with van der Waals surface area (Å²) in [6, 6.07) is 31.3. The highest BCUT2D eigenvalue weighted by molar-refractivity contribution is 5.78. The van der Waals surface area contributed by atoms with Crippen molar-refractivity contribution < 1.29 is 70.4 Å². The minimum absolute atomic E-state index is 0.0679. The molecule has 9 fully saturated rings. The molecule has 21 atom stereocenters. The number of hydrogen-bond acceptors (Lipinski definition) is 15. The fraction of sp³-hybridized carbons (Fsp3) is 0.483. The van der Waals surface area contributed by atoms with Gasteiger partial charge in [0.2, 0.25) is 0 Å². The van der Waals surface area contributed by atoms with Crippen molar-refractivity contribution in [1.29, 1.82) is 0 Å². The van der Waals surface area contributed by atoms with E-state index in [2.05, 4.69) is 49.1 Å². The Morgan fingerprint density at radius 2 is 0.694 bits per heavy atom. The Morgan fingerprint density at radius 3 is 0.944 bits per heavy atom. The van der Waals surface area contributed by atoms with Gasteiger partial charge in [0.05, 0.1) is 54.7 Å². The summed E-state index contributed by atoms with van der Waals surface area (Å²) < 4.78 is 73.0. The number of nitrogens with one attached hydrogen (secondary N) is 3. The van der Waals surface area contributed by atoms with Gasteiger partial charge in [-0.1, -0.05) is 72.8 Å². The van der Waals surface area contributed by atoms with Crippen molar-refractivity contribution in [2.75, 3.05) is 19.8 Å². The van der Waals surface area contributed by atoms with Gasteiger partial charge < -0.3 is 44.4 Å². The van der Waals surface area contributed by atoms with Gasteiger partial charge in [-0.15, -0.1) is 0 Å². The molecule has 6 aromatic rings. The van der Waals surface area contributed by atoms with E-state index in [0.717, 1.165) is 128 Å². The summed E-state index contributed by atoms with van der Waals surface area (Å²) in [4.78, 5) is 87.7. The summed E-state index contributed by atoms with van der Waals surface area (Å²) >= 11 is 0. The van der Waals surface area contributed by atoms with Gasteiger partial charge in [-0.2, -0.15) is 0 Å². The maximum absolute atomic E-state index is 13.6. The predicted molar refractivity (Wildman–Crippen MR) is 402 cm³/mol. The fourth-order valence-electron chi connectivity index (χ4n) is 19.9. The molecule has 6 saturated carbocycles. The zero-order valence-corrected chi connectivity index (χ0v) is 62.2. The Morgan fingerprint density at radius 1 is 0.407 bits per heavy atom. The second kappa shape index (κ2) is 34.7. The van der Waals surface area contributed by atoms with Crippen molar-refractivity contribution in [3.63, 3.8) is 0 Å². The molecule has 3 aliphatic heterocycles. The Bertz CT molecular complexity index is 3830. The maximum Gasteiger partial charge on any atom is 0.407 e. The molecule has 0 unspecified atom stereocenters. The van der Waals surface area contributed by atoms with Crippen molar-refractivity contribution in [1.82, 2.24) is 30.9 Å². The number of esters is 3. The summed E-state index contributed by atoms with van der Waals surface area (Å²) in [6.45, 7) is 12.5. The van der Waals surface area contributed by atoms with E-state index in [1.165, 1.54) is 36.4 Å². The van der Waals surface area contributed by atoms with Crippen LogP contribution in [0.15, 0.2) is 146 Å².